The molecule has 0 unspecified atom stereocenters. The van der Waals surface area contributed by atoms with Gasteiger partial charge in [-0.15, -0.1) is 0 Å². The van der Waals surface area contributed by atoms with Crippen molar-refractivity contribution in [3.8, 4) is 17.2 Å². The molecular weight excluding hydrogens is 388 g/mol. The highest BCUT2D eigenvalue weighted by Crippen LogP contribution is 2.29. The molecule has 0 radical (unpaired) electrons. The van der Waals surface area contributed by atoms with E-state index in [-0.39, 0.29) is 12.4 Å². The summed E-state index contributed by atoms with van der Waals surface area (Å²) >= 11 is 3.42. The van der Waals surface area contributed by atoms with Crippen LogP contribution in [0.3, 0.4) is 0 Å². The van der Waals surface area contributed by atoms with Gasteiger partial charge in [0.05, 0.1) is 6.61 Å². The predicted octanol–water partition coefficient (Wildman–Crippen LogP) is 4.26. The summed E-state index contributed by atoms with van der Waals surface area (Å²) in [5, 5.41) is 0. The number of aryl methyl sites for hydroxylation is 2. The summed E-state index contributed by atoms with van der Waals surface area (Å²) in [6.07, 6.45) is 0.705. The molecule has 0 heterocycles. The van der Waals surface area contributed by atoms with Crippen molar-refractivity contribution in [2.24, 2.45) is 0 Å². The maximum absolute atomic E-state index is 12.1. The van der Waals surface area contributed by atoms with Crippen LogP contribution >= 0.6 is 15.9 Å². The smallest absolute Gasteiger partial charge is 0.349 e. The van der Waals surface area contributed by atoms with E-state index >= 15 is 0 Å². The van der Waals surface area contributed by atoms with Gasteiger partial charge in [-0.2, -0.15) is 0 Å². The Morgan fingerprint density at radius 3 is 2.36 bits per heavy atom. The second kappa shape index (κ2) is 8.67. The van der Waals surface area contributed by atoms with E-state index in [0.717, 1.165) is 15.6 Å². The van der Waals surface area contributed by atoms with Gasteiger partial charge in [-0.1, -0.05) is 15.9 Å². The van der Waals surface area contributed by atoms with E-state index < -0.39 is 5.97 Å². The van der Waals surface area contributed by atoms with Crippen LogP contribution in [0.2, 0.25) is 0 Å². The summed E-state index contributed by atoms with van der Waals surface area (Å²) in [5.41, 5.74) is 2.29. The van der Waals surface area contributed by atoms with Crippen LogP contribution in [-0.4, -0.2) is 25.5 Å². The van der Waals surface area contributed by atoms with Crippen molar-refractivity contribution >= 4 is 28.2 Å². The first-order valence-electron chi connectivity index (χ1n) is 7.76. The first-order chi connectivity index (χ1) is 11.9. The van der Waals surface area contributed by atoms with E-state index in [1.54, 1.807) is 13.0 Å². The molecule has 0 amide bonds. The summed E-state index contributed by atoms with van der Waals surface area (Å²) in [5.74, 6) is 0.699. The maximum Gasteiger partial charge on any atom is 0.349 e. The number of ether oxygens (including phenoxy) is 3. The first kappa shape index (κ1) is 19.0. The lowest BCUT2D eigenvalue weighted by atomic mass is 10.1. The molecule has 2 aromatic rings. The number of carbonyl (C=O) groups is 2. The average Bonchev–Trinajstić information content (AvgIpc) is 2.55. The highest BCUT2D eigenvalue weighted by atomic mass is 79.9. The van der Waals surface area contributed by atoms with Gasteiger partial charge in [0.2, 0.25) is 0 Å². The molecule has 2 rings (SSSR count). The molecule has 0 saturated heterocycles. The second-order valence-electron chi connectivity index (χ2n) is 5.39. The van der Waals surface area contributed by atoms with Crippen LogP contribution in [0.1, 0.15) is 28.4 Å². The van der Waals surface area contributed by atoms with Crippen molar-refractivity contribution in [3.63, 3.8) is 0 Å². The van der Waals surface area contributed by atoms with E-state index in [1.807, 2.05) is 26.0 Å². The lowest BCUT2D eigenvalue weighted by Gasteiger charge is -2.14. The third-order valence-electron chi connectivity index (χ3n) is 3.39. The minimum Gasteiger partial charge on any atom is -0.490 e. The highest BCUT2D eigenvalue weighted by Gasteiger charge is 2.14. The van der Waals surface area contributed by atoms with Crippen molar-refractivity contribution in [1.82, 2.24) is 0 Å². The molecule has 0 aliphatic carbocycles. The molecule has 132 valence electrons. The van der Waals surface area contributed by atoms with Gasteiger partial charge >= 0.3 is 5.97 Å². The Kier molecular flexibility index (Phi) is 6.58. The van der Waals surface area contributed by atoms with Gasteiger partial charge in [0, 0.05) is 10.0 Å². The minimum atomic E-state index is -0.554. The van der Waals surface area contributed by atoms with Crippen LogP contribution in [0.5, 0.6) is 17.2 Å². The van der Waals surface area contributed by atoms with Crippen molar-refractivity contribution in [2.45, 2.75) is 20.8 Å². The normalized spacial score (nSPS) is 10.2. The zero-order valence-corrected chi connectivity index (χ0v) is 15.9. The largest absolute Gasteiger partial charge is 0.490 e. The summed E-state index contributed by atoms with van der Waals surface area (Å²) in [6.45, 7) is 5.78. The van der Waals surface area contributed by atoms with Crippen molar-refractivity contribution in [2.75, 3.05) is 13.2 Å². The fourth-order valence-electron chi connectivity index (χ4n) is 2.36. The van der Waals surface area contributed by atoms with Gasteiger partial charge in [0.1, 0.15) is 12.0 Å². The molecule has 0 bridgehead atoms. The highest BCUT2D eigenvalue weighted by molar-refractivity contribution is 9.10. The van der Waals surface area contributed by atoms with Gasteiger partial charge in [-0.25, -0.2) is 4.79 Å². The number of benzene rings is 2. The third-order valence-corrected chi connectivity index (χ3v) is 3.84. The Hall–Kier alpha value is -2.34. The standard InChI is InChI=1S/C19H19BrO5/c1-4-23-17-9-14(10-21)5-6-16(17)25-18(22)11-24-19-12(2)7-15(20)8-13(19)3/h5-10H,4,11H2,1-3H3. The molecule has 0 aliphatic heterocycles. The predicted molar refractivity (Wildman–Crippen MR) is 97.7 cm³/mol. The van der Waals surface area contributed by atoms with E-state index in [1.165, 1.54) is 12.1 Å². The molecule has 0 saturated carbocycles. The molecule has 2 aromatic carbocycles. The van der Waals surface area contributed by atoms with Crippen LogP contribution in [-0.2, 0) is 4.79 Å². The Morgan fingerprint density at radius 1 is 1.08 bits per heavy atom. The average molecular weight is 407 g/mol. The molecule has 0 fully saturated rings. The van der Waals surface area contributed by atoms with Gasteiger partial charge < -0.3 is 14.2 Å². The zero-order valence-electron chi connectivity index (χ0n) is 14.3. The summed E-state index contributed by atoms with van der Waals surface area (Å²) < 4.78 is 17.3. The monoisotopic (exact) mass is 406 g/mol. The Labute approximate surface area is 155 Å². The van der Waals surface area contributed by atoms with Gasteiger partial charge in [0.15, 0.2) is 18.1 Å². The number of halogens is 1. The molecule has 6 heteroatoms. The molecule has 25 heavy (non-hydrogen) atoms. The Morgan fingerprint density at radius 2 is 1.76 bits per heavy atom. The molecule has 0 atom stereocenters. The maximum atomic E-state index is 12.1. The van der Waals surface area contributed by atoms with Crippen LogP contribution in [0.25, 0.3) is 0 Å². The van der Waals surface area contributed by atoms with E-state index in [0.29, 0.717) is 30.0 Å². The molecule has 5 nitrogen and oxygen atoms in total. The number of aldehydes is 1. The number of carbonyl (C=O) groups excluding carboxylic acids is 2. The van der Waals surface area contributed by atoms with Crippen LogP contribution in [0.4, 0.5) is 0 Å². The quantitative estimate of drug-likeness (QED) is 0.390. The number of esters is 1. The zero-order chi connectivity index (χ0) is 18.4. The van der Waals surface area contributed by atoms with Crippen molar-refractivity contribution < 1.29 is 23.8 Å². The van der Waals surface area contributed by atoms with Crippen LogP contribution < -0.4 is 14.2 Å². The van der Waals surface area contributed by atoms with E-state index in [9.17, 15) is 9.59 Å². The Bertz CT molecular complexity index is 762. The molecule has 0 spiro atoms. The molecule has 0 aliphatic rings. The van der Waals surface area contributed by atoms with Crippen molar-refractivity contribution in [1.29, 1.82) is 0 Å². The van der Waals surface area contributed by atoms with Crippen molar-refractivity contribution in [3.05, 3.63) is 51.5 Å². The van der Waals surface area contributed by atoms with Gasteiger partial charge in [0.25, 0.3) is 0 Å². The summed E-state index contributed by atoms with van der Waals surface area (Å²) in [4.78, 5) is 23.0. The molecular formula is C19H19BrO5. The number of hydrogen-bond donors (Lipinski definition) is 0. The SMILES string of the molecule is CCOc1cc(C=O)ccc1OC(=O)COc1c(C)cc(Br)cc1C. The molecule has 0 aromatic heterocycles. The van der Waals surface area contributed by atoms with Gasteiger partial charge in [-0.05, 0) is 62.2 Å². The minimum absolute atomic E-state index is 0.232. The summed E-state index contributed by atoms with van der Waals surface area (Å²) in [7, 11) is 0. The number of rotatable bonds is 7. The fraction of sp³-hybridized carbons (Fsp3) is 0.263. The van der Waals surface area contributed by atoms with E-state index in [4.69, 9.17) is 14.2 Å². The fourth-order valence-corrected chi connectivity index (χ4v) is 3.05. The van der Waals surface area contributed by atoms with Crippen LogP contribution in [0.15, 0.2) is 34.8 Å². The topological polar surface area (TPSA) is 61.8 Å². The first-order valence-corrected chi connectivity index (χ1v) is 8.56. The second-order valence-corrected chi connectivity index (χ2v) is 6.30. The lowest BCUT2D eigenvalue weighted by molar-refractivity contribution is -0.136. The van der Waals surface area contributed by atoms with Crippen LogP contribution in [0, 0.1) is 13.8 Å². The Balaban J connectivity index is 2.07. The molecule has 0 N–H and O–H groups in total. The number of hydrogen-bond acceptors (Lipinski definition) is 5. The lowest BCUT2D eigenvalue weighted by Crippen LogP contribution is -2.19. The summed E-state index contributed by atoms with van der Waals surface area (Å²) in [6, 6.07) is 8.45. The third kappa shape index (κ3) is 5.06. The van der Waals surface area contributed by atoms with Gasteiger partial charge in [-0.3, -0.25) is 4.79 Å². The van der Waals surface area contributed by atoms with E-state index in [2.05, 4.69) is 15.9 Å².